The van der Waals surface area contributed by atoms with Gasteiger partial charge in [-0.1, -0.05) is 35.3 Å². The van der Waals surface area contributed by atoms with Gasteiger partial charge in [0, 0.05) is 24.6 Å². The molecule has 0 radical (unpaired) electrons. The predicted molar refractivity (Wildman–Crippen MR) is 96.5 cm³/mol. The number of alkyl halides is 1. The van der Waals surface area contributed by atoms with E-state index < -0.39 is 17.0 Å². The largest absolute Gasteiger partial charge is 0.309 e. The fourth-order valence-electron chi connectivity index (χ4n) is 3.05. The third-order valence-corrected chi connectivity index (χ3v) is 5.53. The molecule has 2 unspecified atom stereocenters. The average molecular weight is 405 g/mol. The molecule has 1 fully saturated rings. The summed E-state index contributed by atoms with van der Waals surface area (Å²) in [6.07, 6.45) is 0.751. The molecular formula is C18H14Cl3F2NO. The second-order valence-electron chi connectivity index (χ2n) is 5.94. The Balaban J connectivity index is 1.89. The van der Waals surface area contributed by atoms with Crippen LogP contribution < -0.4 is 4.90 Å². The van der Waals surface area contributed by atoms with Crippen LogP contribution in [0, 0.1) is 17.6 Å². The Morgan fingerprint density at radius 3 is 2.44 bits per heavy atom. The zero-order chi connectivity index (χ0) is 18.1. The molecule has 0 saturated carbocycles. The number of rotatable bonds is 3. The van der Waals surface area contributed by atoms with Crippen LogP contribution in [0.25, 0.3) is 0 Å². The summed E-state index contributed by atoms with van der Waals surface area (Å²) in [5.74, 6) is -1.69. The van der Waals surface area contributed by atoms with Crippen LogP contribution in [-0.2, 0) is 4.79 Å². The molecule has 0 N–H and O–H groups in total. The molecule has 2 nitrogen and oxygen atoms in total. The van der Waals surface area contributed by atoms with Gasteiger partial charge in [0.1, 0.15) is 11.6 Å². The number of carbonyl (C=O) groups is 1. The number of carbonyl (C=O) groups excluding carboxylic acids is 1. The first-order valence-electron chi connectivity index (χ1n) is 7.72. The van der Waals surface area contributed by atoms with Crippen molar-refractivity contribution in [1.29, 1.82) is 0 Å². The summed E-state index contributed by atoms with van der Waals surface area (Å²) >= 11 is 18.9. The minimum Gasteiger partial charge on any atom is -0.309 e. The van der Waals surface area contributed by atoms with Gasteiger partial charge in [-0.3, -0.25) is 4.79 Å². The van der Waals surface area contributed by atoms with Crippen LogP contribution in [0.2, 0.25) is 10.0 Å². The molecule has 0 aromatic heterocycles. The maximum absolute atomic E-state index is 14.0. The van der Waals surface area contributed by atoms with Crippen molar-refractivity contribution >= 4 is 46.4 Å². The summed E-state index contributed by atoms with van der Waals surface area (Å²) in [6.45, 7) is 0.257. The first-order valence-corrected chi connectivity index (χ1v) is 8.91. The van der Waals surface area contributed by atoms with Crippen molar-refractivity contribution in [3.63, 3.8) is 0 Å². The van der Waals surface area contributed by atoms with Gasteiger partial charge in [0.25, 0.3) is 0 Å². The molecule has 3 rings (SSSR count). The van der Waals surface area contributed by atoms with Crippen LogP contribution in [-0.4, -0.2) is 12.5 Å². The van der Waals surface area contributed by atoms with E-state index in [9.17, 15) is 13.6 Å². The fraction of sp³-hybridized carbons (Fsp3) is 0.278. The Morgan fingerprint density at radius 2 is 1.80 bits per heavy atom. The van der Waals surface area contributed by atoms with E-state index in [4.69, 9.17) is 34.8 Å². The van der Waals surface area contributed by atoms with Crippen molar-refractivity contribution in [3.8, 4) is 0 Å². The molecule has 2 aromatic carbocycles. The number of nitrogens with zero attached hydrogens (tertiary/aromatic N) is 1. The van der Waals surface area contributed by atoms with Crippen molar-refractivity contribution in [1.82, 2.24) is 0 Å². The Morgan fingerprint density at radius 1 is 1.12 bits per heavy atom. The topological polar surface area (TPSA) is 20.3 Å². The molecule has 1 aliphatic rings. The molecule has 1 amide bonds. The van der Waals surface area contributed by atoms with E-state index >= 15 is 0 Å². The van der Waals surface area contributed by atoms with Gasteiger partial charge in [-0.15, -0.1) is 11.6 Å². The lowest BCUT2D eigenvalue weighted by Crippen LogP contribution is -2.41. The molecule has 132 valence electrons. The average Bonchev–Trinajstić information content (AvgIpc) is 2.56. The molecule has 0 bridgehead atoms. The molecule has 25 heavy (non-hydrogen) atoms. The van der Waals surface area contributed by atoms with Crippen LogP contribution in [0.15, 0.2) is 36.4 Å². The summed E-state index contributed by atoms with van der Waals surface area (Å²) in [5.41, 5.74) is 0.650. The standard InChI is InChI=1S/C18H14Cl3F2NO/c19-13-2-1-3-14(20)18(13)24-9-10(4-7-16(24)25)17(21)12-6-5-11(22)8-15(12)23/h1-3,5-6,8,10,17H,4,7,9H2. The van der Waals surface area contributed by atoms with E-state index in [0.29, 0.717) is 22.2 Å². The van der Waals surface area contributed by atoms with E-state index in [1.165, 1.54) is 17.0 Å². The smallest absolute Gasteiger partial charge is 0.227 e. The van der Waals surface area contributed by atoms with Crippen molar-refractivity contribution in [2.75, 3.05) is 11.4 Å². The highest BCUT2D eigenvalue weighted by Crippen LogP contribution is 2.41. The highest BCUT2D eigenvalue weighted by molar-refractivity contribution is 6.40. The summed E-state index contributed by atoms with van der Waals surface area (Å²) in [7, 11) is 0. The third kappa shape index (κ3) is 3.76. The van der Waals surface area contributed by atoms with Gasteiger partial charge in [0.2, 0.25) is 5.91 Å². The second kappa shape index (κ2) is 7.48. The number of hydrogen-bond donors (Lipinski definition) is 0. The summed E-state index contributed by atoms with van der Waals surface area (Å²) < 4.78 is 27.1. The van der Waals surface area contributed by atoms with Gasteiger partial charge in [0.15, 0.2) is 0 Å². The van der Waals surface area contributed by atoms with Crippen molar-refractivity contribution < 1.29 is 13.6 Å². The fourth-order valence-corrected chi connectivity index (χ4v) is 4.04. The summed E-state index contributed by atoms with van der Waals surface area (Å²) in [6, 6.07) is 8.31. The van der Waals surface area contributed by atoms with Gasteiger partial charge in [-0.25, -0.2) is 8.78 Å². The number of piperidine rings is 1. The quantitative estimate of drug-likeness (QED) is 0.575. The van der Waals surface area contributed by atoms with Gasteiger partial charge in [0.05, 0.1) is 21.1 Å². The molecule has 1 heterocycles. The predicted octanol–water partition coefficient (Wildman–Crippen LogP) is 5.99. The lowest BCUT2D eigenvalue weighted by Gasteiger charge is -2.35. The SMILES string of the molecule is O=C1CCC(C(Cl)c2ccc(F)cc2F)CN1c1c(Cl)cccc1Cl. The highest BCUT2D eigenvalue weighted by Gasteiger charge is 2.34. The van der Waals surface area contributed by atoms with Crippen LogP contribution >= 0.6 is 34.8 Å². The first-order chi connectivity index (χ1) is 11.9. The zero-order valence-corrected chi connectivity index (χ0v) is 15.3. The monoisotopic (exact) mass is 403 g/mol. The summed E-state index contributed by atoms with van der Waals surface area (Å²) in [5, 5.41) is 0.0265. The highest BCUT2D eigenvalue weighted by atomic mass is 35.5. The Labute approximate surface area is 159 Å². The van der Waals surface area contributed by atoms with Gasteiger partial charge in [-0.2, -0.15) is 0 Å². The minimum atomic E-state index is -0.697. The van der Waals surface area contributed by atoms with Crippen molar-refractivity contribution in [3.05, 3.63) is 63.6 Å². The third-order valence-electron chi connectivity index (χ3n) is 4.33. The maximum atomic E-state index is 14.0. The molecule has 1 saturated heterocycles. The van der Waals surface area contributed by atoms with Crippen LogP contribution in [0.5, 0.6) is 0 Å². The van der Waals surface area contributed by atoms with E-state index in [1.807, 2.05) is 0 Å². The first kappa shape index (κ1) is 18.4. The molecule has 2 atom stereocenters. The van der Waals surface area contributed by atoms with E-state index in [2.05, 4.69) is 0 Å². The Hall–Kier alpha value is -1.36. The second-order valence-corrected chi connectivity index (χ2v) is 7.23. The molecule has 2 aromatic rings. The van der Waals surface area contributed by atoms with Crippen LogP contribution in [0.1, 0.15) is 23.8 Å². The molecule has 1 aliphatic heterocycles. The Kier molecular flexibility index (Phi) is 5.52. The molecule has 7 heteroatoms. The molecule has 0 aliphatic carbocycles. The van der Waals surface area contributed by atoms with E-state index in [1.54, 1.807) is 18.2 Å². The van der Waals surface area contributed by atoms with Gasteiger partial charge in [-0.05, 0) is 30.5 Å². The Bertz CT molecular complexity index is 795. The van der Waals surface area contributed by atoms with Crippen LogP contribution in [0.4, 0.5) is 14.5 Å². The van der Waals surface area contributed by atoms with Gasteiger partial charge >= 0.3 is 0 Å². The number of anilines is 1. The van der Waals surface area contributed by atoms with E-state index in [-0.39, 0.29) is 30.4 Å². The molecule has 0 spiro atoms. The number of halogens is 5. The number of benzene rings is 2. The number of para-hydroxylation sites is 1. The van der Waals surface area contributed by atoms with Crippen molar-refractivity contribution in [2.45, 2.75) is 18.2 Å². The lowest BCUT2D eigenvalue weighted by molar-refractivity contribution is -0.120. The molecular weight excluding hydrogens is 391 g/mol. The van der Waals surface area contributed by atoms with E-state index in [0.717, 1.165) is 6.07 Å². The number of amides is 1. The summed E-state index contributed by atoms with van der Waals surface area (Å²) in [4.78, 5) is 13.9. The van der Waals surface area contributed by atoms with Crippen LogP contribution in [0.3, 0.4) is 0 Å². The zero-order valence-electron chi connectivity index (χ0n) is 13.0. The van der Waals surface area contributed by atoms with Gasteiger partial charge < -0.3 is 4.90 Å². The minimum absolute atomic E-state index is 0.116. The lowest BCUT2D eigenvalue weighted by atomic mass is 9.90. The maximum Gasteiger partial charge on any atom is 0.227 e. The normalized spacial score (nSPS) is 19.2. The number of hydrogen-bond acceptors (Lipinski definition) is 1. The van der Waals surface area contributed by atoms with Crippen molar-refractivity contribution in [2.24, 2.45) is 5.92 Å².